The molecule has 2 N–H and O–H groups in total. The minimum absolute atomic E-state index is 0.212. The maximum absolute atomic E-state index is 12.1. The summed E-state index contributed by atoms with van der Waals surface area (Å²) in [5.41, 5.74) is 0.146. The lowest BCUT2D eigenvalue weighted by Gasteiger charge is -2.25. The highest BCUT2D eigenvalue weighted by Crippen LogP contribution is 2.21. The fraction of sp³-hybridized carbons (Fsp3) is 0.467. The number of aliphatic hydroxyl groups excluding tert-OH is 1. The second kappa shape index (κ2) is 7.06. The van der Waals surface area contributed by atoms with Gasteiger partial charge in [-0.1, -0.05) is 32.4 Å². The number of carbonyl (C=O) groups is 1. The van der Waals surface area contributed by atoms with Crippen molar-refractivity contribution in [2.75, 3.05) is 6.54 Å². The van der Waals surface area contributed by atoms with E-state index in [0.717, 1.165) is 0 Å². The molecule has 0 aromatic carbocycles. The van der Waals surface area contributed by atoms with Crippen LogP contribution in [0.1, 0.15) is 37.6 Å². The zero-order chi connectivity index (χ0) is 17.0. The molecule has 1 atom stereocenters. The topological polar surface area (TPSA) is 92.9 Å². The molecule has 0 aliphatic heterocycles. The quantitative estimate of drug-likeness (QED) is 0.868. The van der Waals surface area contributed by atoms with Crippen molar-refractivity contribution in [3.63, 3.8) is 0 Å². The summed E-state index contributed by atoms with van der Waals surface area (Å²) < 4.78 is 1.56. The van der Waals surface area contributed by atoms with Crippen molar-refractivity contribution in [3.05, 3.63) is 35.5 Å². The third-order valence-electron chi connectivity index (χ3n) is 3.45. The minimum Gasteiger partial charge on any atom is -0.393 e. The zero-order valence-corrected chi connectivity index (χ0v) is 14.1. The summed E-state index contributed by atoms with van der Waals surface area (Å²) in [5.74, 6) is 0.173. The number of halogens is 1. The van der Waals surface area contributed by atoms with Crippen LogP contribution in [0.5, 0.6) is 0 Å². The Kier molecular flexibility index (Phi) is 5.33. The predicted molar refractivity (Wildman–Crippen MR) is 86.6 cm³/mol. The van der Waals surface area contributed by atoms with Gasteiger partial charge in [-0.2, -0.15) is 0 Å². The fourth-order valence-corrected chi connectivity index (χ4v) is 2.18. The number of aromatic nitrogens is 4. The summed E-state index contributed by atoms with van der Waals surface area (Å²) in [5, 5.41) is 20.4. The van der Waals surface area contributed by atoms with Crippen LogP contribution >= 0.6 is 11.6 Å². The van der Waals surface area contributed by atoms with Crippen molar-refractivity contribution in [1.29, 1.82) is 0 Å². The fourth-order valence-electron chi connectivity index (χ4n) is 1.91. The molecule has 2 heterocycles. The SMILES string of the molecule is CC(C)(C)C(O)CCNC(=O)c1cnc(-n2cnnc2)c(Cl)c1. The first-order valence-electron chi connectivity index (χ1n) is 7.26. The molecule has 0 saturated carbocycles. The molecule has 0 aliphatic rings. The van der Waals surface area contributed by atoms with Gasteiger partial charge in [0.25, 0.3) is 5.91 Å². The summed E-state index contributed by atoms with van der Waals surface area (Å²) in [6.45, 7) is 6.23. The normalized spacial score (nSPS) is 12.9. The standard InChI is InChI=1S/C15H20ClN5O2/c1-15(2,3)12(22)4-5-17-14(23)10-6-11(16)13(18-7-10)21-8-19-20-9-21/h6-9,12,22H,4-5H2,1-3H3,(H,17,23). The third-order valence-corrected chi connectivity index (χ3v) is 3.73. The zero-order valence-electron chi connectivity index (χ0n) is 13.3. The van der Waals surface area contributed by atoms with Gasteiger partial charge in [-0.3, -0.25) is 9.36 Å². The molecule has 23 heavy (non-hydrogen) atoms. The first-order chi connectivity index (χ1) is 10.8. The molecule has 1 amide bonds. The van der Waals surface area contributed by atoms with Gasteiger partial charge in [-0.15, -0.1) is 10.2 Å². The molecule has 0 aliphatic carbocycles. The van der Waals surface area contributed by atoms with Crippen molar-refractivity contribution < 1.29 is 9.90 Å². The maximum atomic E-state index is 12.1. The van der Waals surface area contributed by atoms with E-state index >= 15 is 0 Å². The molecule has 0 fully saturated rings. The van der Waals surface area contributed by atoms with Crippen LogP contribution in [0, 0.1) is 5.41 Å². The van der Waals surface area contributed by atoms with E-state index in [1.807, 2.05) is 20.8 Å². The Bertz CT molecular complexity index is 667. The summed E-state index contributed by atoms with van der Waals surface area (Å²) in [4.78, 5) is 16.3. The first-order valence-corrected chi connectivity index (χ1v) is 7.63. The van der Waals surface area contributed by atoms with Crippen LogP contribution in [-0.4, -0.2) is 43.4 Å². The molecule has 0 spiro atoms. The number of pyridine rings is 1. The molecule has 124 valence electrons. The smallest absolute Gasteiger partial charge is 0.252 e. The molecular weight excluding hydrogens is 318 g/mol. The highest BCUT2D eigenvalue weighted by Gasteiger charge is 2.21. The average molecular weight is 338 g/mol. The highest BCUT2D eigenvalue weighted by atomic mass is 35.5. The van der Waals surface area contributed by atoms with E-state index in [-0.39, 0.29) is 11.3 Å². The maximum Gasteiger partial charge on any atom is 0.252 e. The van der Waals surface area contributed by atoms with Gasteiger partial charge < -0.3 is 10.4 Å². The lowest BCUT2D eigenvalue weighted by Crippen LogP contribution is -2.32. The first kappa shape index (κ1) is 17.4. The van der Waals surface area contributed by atoms with Crippen LogP contribution in [0.4, 0.5) is 0 Å². The average Bonchev–Trinajstić information content (AvgIpc) is 2.99. The highest BCUT2D eigenvalue weighted by molar-refractivity contribution is 6.32. The lowest BCUT2D eigenvalue weighted by molar-refractivity contribution is 0.0551. The lowest BCUT2D eigenvalue weighted by atomic mass is 9.87. The monoisotopic (exact) mass is 337 g/mol. The van der Waals surface area contributed by atoms with Crippen LogP contribution in [-0.2, 0) is 0 Å². The molecule has 8 heteroatoms. The minimum atomic E-state index is -0.486. The Balaban J connectivity index is 1.97. The molecule has 0 radical (unpaired) electrons. The number of amides is 1. The van der Waals surface area contributed by atoms with Gasteiger partial charge in [0.05, 0.1) is 16.7 Å². The summed E-state index contributed by atoms with van der Waals surface area (Å²) in [6.07, 6.45) is 4.39. The molecule has 7 nitrogen and oxygen atoms in total. The van der Waals surface area contributed by atoms with Gasteiger partial charge in [0.1, 0.15) is 12.7 Å². The van der Waals surface area contributed by atoms with E-state index in [2.05, 4.69) is 20.5 Å². The van der Waals surface area contributed by atoms with Gasteiger partial charge in [-0.05, 0) is 17.9 Å². The van der Waals surface area contributed by atoms with Crippen molar-refractivity contribution >= 4 is 17.5 Å². The van der Waals surface area contributed by atoms with Crippen molar-refractivity contribution in [3.8, 4) is 5.82 Å². The van der Waals surface area contributed by atoms with Crippen LogP contribution in [0.3, 0.4) is 0 Å². The van der Waals surface area contributed by atoms with E-state index in [1.54, 1.807) is 10.6 Å². The summed E-state index contributed by atoms with van der Waals surface area (Å²) >= 11 is 6.15. The van der Waals surface area contributed by atoms with Crippen molar-refractivity contribution in [1.82, 2.24) is 25.1 Å². The number of aliphatic hydroxyl groups is 1. The molecule has 2 aromatic rings. The van der Waals surface area contributed by atoms with E-state index in [1.165, 1.54) is 18.9 Å². The molecule has 2 rings (SSSR count). The van der Waals surface area contributed by atoms with E-state index in [0.29, 0.717) is 29.4 Å². The van der Waals surface area contributed by atoms with Gasteiger partial charge in [0.2, 0.25) is 0 Å². The number of nitrogens with one attached hydrogen (secondary N) is 1. The van der Waals surface area contributed by atoms with Gasteiger partial charge in [-0.25, -0.2) is 4.98 Å². The molecule has 2 aromatic heterocycles. The summed E-state index contributed by atoms with van der Waals surface area (Å²) in [6, 6.07) is 1.54. The largest absolute Gasteiger partial charge is 0.393 e. The van der Waals surface area contributed by atoms with Crippen molar-refractivity contribution in [2.24, 2.45) is 5.41 Å². The Morgan fingerprint density at radius 3 is 2.61 bits per heavy atom. The van der Waals surface area contributed by atoms with Crippen LogP contribution in [0.25, 0.3) is 5.82 Å². The number of nitrogens with zero attached hydrogens (tertiary/aromatic N) is 4. The van der Waals surface area contributed by atoms with Gasteiger partial charge >= 0.3 is 0 Å². The Labute approximate surface area is 139 Å². The Morgan fingerprint density at radius 1 is 1.39 bits per heavy atom. The number of carbonyl (C=O) groups excluding carboxylic acids is 1. The molecule has 0 bridgehead atoms. The Morgan fingerprint density at radius 2 is 2.04 bits per heavy atom. The van der Waals surface area contributed by atoms with Gasteiger partial charge in [0.15, 0.2) is 5.82 Å². The molecule has 0 saturated heterocycles. The van der Waals surface area contributed by atoms with E-state index in [4.69, 9.17) is 11.6 Å². The third kappa shape index (κ3) is 4.49. The molecular formula is C15H20ClN5O2. The second-order valence-electron chi connectivity index (χ2n) is 6.32. The van der Waals surface area contributed by atoms with E-state index in [9.17, 15) is 9.90 Å². The predicted octanol–water partition coefficient (Wildman–Crippen LogP) is 1.84. The number of hydrogen-bond acceptors (Lipinski definition) is 5. The molecule has 1 unspecified atom stereocenters. The van der Waals surface area contributed by atoms with E-state index < -0.39 is 6.10 Å². The van der Waals surface area contributed by atoms with Crippen LogP contribution < -0.4 is 5.32 Å². The number of rotatable bonds is 5. The number of hydrogen-bond donors (Lipinski definition) is 2. The van der Waals surface area contributed by atoms with Crippen LogP contribution in [0.15, 0.2) is 24.9 Å². The van der Waals surface area contributed by atoms with Gasteiger partial charge in [0, 0.05) is 12.7 Å². The second-order valence-corrected chi connectivity index (χ2v) is 6.73. The Hall–Kier alpha value is -1.99. The van der Waals surface area contributed by atoms with Crippen molar-refractivity contribution in [2.45, 2.75) is 33.3 Å². The van der Waals surface area contributed by atoms with Crippen LogP contribution in [0.2, 0.25) is 5.02 Å². The summed E-state index contributed by atoms with van der Waals surface area (Å²) in [7, 11) is 0.